The maximum absolute atomic E-state index is 11.7. The maximum Gasteiger partial charge on any atom is 0.303 e. The van der Waals surface area contributed by atoms with Crippen LogP contribution in [0, 0.1) is 0 Å². The highest BCUT2D eigenvalue weighted by Gasteiger charge is 2.12. The third kappa shape index (κ3) is 15.5. The molecule has 0 saturated carbocycles. The van der Waals surface area contributed by atoms with Gasteiger partial charge in [0.1, 0.15) is 6.29 Å². The number of carbonyl (C=O) groups is 3. The highest BCUT2D eigenvalue weighted by molar-refractivity contribution is 5.79. The van der Waals surface area contributed by atoms with Crippen molar-refractivity contribution in [3.63, 3.8) is 0 Å². The highest BCUT2D eigenvalue weighted by atomic mass is 16.4. The molecule has 0 bridgehead atoms. The monoisotopic (exact) mass is 341 g/mol. The first-order valence-corrected chi connectivity index (χ1v) is 9.56. The summed E-state index contributed by atoms with van der Waals surface area (Å²) in [5, 5.41) is 11.2. The standard InChI is InChI=1S/C19H35NO4/c1-2-3-4-5-6-7-8-9-10-11-12-13-18(22)20-17(16-21)14-15-19(23)24/h16-17H,2-15H2,1H3,(H,20,22)(H,23,24)/t17-/m1/s1. The van der Waals surface area contributed by atoms with E-state index in [-0.39, 0.29) is 18.7 Å². The lowest BCUT2D eigenvalue weighted by Gasteiger charge is -2.11. The van der Waals surface area contributed by atoms with E-state index in [1.807, 2.05) is 0 Å². The summed E-state index contributed by atoms with van der Waals surface area (Å²) in [5.41, 5.74) is 0. The van der Waals surface area contributed by atoms with E-state index < -0.39 is 12.0 Å². The number of carbonyl (C=O) groups excluding carboxylic acids is 2. The zero-order valence-corrected chi connectivity index (χ0v) is 15.2. The van der Waals surface area contributed by atoms with E-state index in [0.717, 1.165) is 19.3 Å². The largest absolute Gasteiger partial charge is 0.481 e. The number of rotatable bonds is 17. The van der Waals surface area contributed by atoms with Crippen molar-refractivity contribution in [2.75, 3.05) is 0 Å². The van der Waals surface area contributed by atoms with Crippen LogP contribution in [0.3, 0.4) is 0 Å². The van der Waals surface area contributed by atoms with Gasteiger partial charge in [-0.05, 0) is 12.8 Å². The van der Waals surface area contributed by atoms with Crippen molar-refractivity contribution in [2.45, 2.75) is 103 Å². The zero-order chi connectivity index (χ0) is 18.0. The number of aldehydes is 1. The molecule has 0 fully saturated rings. The topological polar surface area (TPSA) is 83.5 Å². The summed E-state index contributed by atoms with van der Waals surface area (Å²) in [4.78, 5) is 33.0. The average molecular weight is 341 g/mol. The molecular formula is C19H35NO4. The first-order chi connectivity index (χ1) is 11.6. The normalized spacial score (nSPS) is 11.9. The van der Waals surface area contributed by atoms with Crippen LogP contribution < -0.4 is 5.32 Å². The lowest BCUT2D eigenvalue weighted by molar-refractivity contribution is -0.137. The summed E-state index contributed by atoms with van der Waals surface area (Å²) in [6.45, 7) is 2.23. The molecule has 0 aliphatic heterocycles. The Labute approximate surface area is 146 Å². The van der Waals surface area contributed by atoms with E-state index in [1.165, 1.54) is 51.4 Å². The maximum atomic E-state index is 11.7. The van der Waals surface area contributed by atoms with Crippen molar-refractivity contribution in [1.82, 2.24) is 5.32 Å². The van der Waals surface area contributed by atoms with Gasteiger partial charge in [0.05, 0.1) is 6.04 Å². The second-order valence-corrected chi connectivity index (χ2v) is 6.53. The quantitative estimate of drug-likeness (QED) is 0.306. The Morgan fingerprint density at radius 3 is 1.83 bits per heavy atom. The van der Waals surface area contributed by atoms with Gasteiger partial charge in [0.25, 0.3) is 0 Å². The van der Waals surface area contributed by atoms with Gasteiger partial charge in [-0.1, -0.05) is 71.1 Å². The van der Waals surface area contributed by atoms with Crippen LogP contribution in [0.25, 0.3) is 0 Å². The van der Waals surface area contributed by atoms with Crippen molar-refractivity contribution >= 4 is 18.2 Å². The first-order valence-electron chi connectivity index (χ1n) is 9.56. The van der Waals surface area contributed by atoms with E-state index in [2.05, 4.69) is 12.2 Å². The van der Waals surface area contributed by atoms with Crippen LogP contribution in [0.4, 0.5) is 0 Å². The molecular weight excluding hydrogens is 306 g/mol. The smallest absolute Gasteiger partial charge is 0.303 e. The van der Waals surface area contributed by atoms with Gasteiger partial charge in [0.2, 0.25) is 5.91 Å². The molecule has 0 aliphatic rings. The number of amides is 1. The summed E-state index contributed by atoms with van der Waals surface area (Å²) < 4.78 is 0. The number of carboxylic acid groups (broad SMARTS) is 1. The Morgan fingerprint density at radius 2 is 1.38 bits per heavy atom. The fourth-order valence-corrected chi connectivity index (χ4v) is 2.68. The van der Waals surface area contributed by atoms with Gasteiger partial charge in [-0.25, -0.2) is 0 Å². The van der Waals surface area contributed by atoms with Crippen LogP contribution in [-0.4, -0.2) is 29.3 Å². The van der Waals surface area contributed by atoms with Crippen LogP contribution in [0.15, 0.2) is 0 Å². The Balaban J connectivity index is 3.45. The molecule has 1 atom stereocenters. The van der Waals surface area contributed by atoms with E-state index in [0.29, 0.717) is 12.7 Å². The summed E-state index contributed by atoms with van der Waals surface area (Å²) in [5.74, 6) is -1.12. The van der Waals surface area contributed by atoms with Gasteiger partial charge in [0, 0.05) is 12.8 Å². The fourth-order valence-electron chi connectivity index (χ4n) is 2.68. The molecule has 0 aliphatic carbocycles. The SMILES string of the molecule is CCCCCCCCCCCCCC(=O)N[C@@H](C=O)CCC(=O)O. The van der Waals surface area contributed by atoms with Crippen LogP contribution in [0.2, 0.25) is 0 Å². The van der Waals surface area contributed by atoms with Gasteiger partial charge in [0.15, 0.2) is 0 Å². The number of unbranched alkanes of at least 4 members (excludes halogenated alkanes) is 10. The minimum atomic E-state index is -0.957. The molecule has 0 aromatic heterocycles. The number of aliphatic carboxylic acids is 1. The summed E-state index contributed by atoms with van der Waals surface area (Å²) >= 11 is 0. The molecule has 0 spiro atoms. The van der Waals surface area contributed by atoms with Gasteiger partial charge >= 0.3 is 5.97 Å². The summed E-state index contributed by atoms with van der Waals surface area (Å²) in [7, 11) is 0. The average Bonchev–Trinajstić information content (AvgIpc) is 2.56. The van der Waals surface area contributed by atoms with Crippen molar-refractivity contribution in [2.24, 2.45) is 0 Å². The molecule has 5 nitrogen and oxygen atoms in total. The molecule has 2 N–H and O–H groups in total. The van der Waals surface area contributed by atoms with Gasteiger partial charge in [-0.3, -0.25) is 9.59 Å². The second kappa shape index (κ2) is 16.5. The molecule has 0 aromatic carbocycles. The Bertz CT molecular complexity index is 344. The minimum Gasteiger partial charge on any atom is -0.481 e. The fraction of sp³-hybridized carbons (Fsp3) is 0.842. The number of hydrogen-bond acceptors (Lipinski definition) is 3. The lowest BCUT2D eigenvalue weighted by Crippen LogP contribution is -2.36. The first kappa shape index (κ1) is 22.6. The molecule has 5 heteroatoms. The predicted octanol–water partition coefficient (Wildman–Crippen LogP) is 4.24. The molecule has 0 saturated heterocycles. The third-order valence-electron chi connectivity index (χ3n) is 4.19. The van der Waals surface area contributed by atoms with E-state index in [4.69, 9.17) is 5.11 Å². The summed E-state index contributed by atoms with van der Waals surface area (Å²) in [6.07, 6.45) is 14.6. The predicted molar refractivity (Wildman–Crippen MR) is 95.9 cm³/mol. The Morgan fingerprint density at radius 1 is 0.875 bits per heavy atom. The van der Waals surface area contributed by atoms with Gasteiger partial charge < -0.3 is 15.2 Å². The number of hydrogen-bond donors (Lipinski definition) is 2. The van der Waals surface area contributed by atoms with Crippen LogP contribution >= 0.6 is 0 Å². The third-order valence-corrected chi connectivity index (χ3v) is 4.19. The lowest BCUT2D eigenvalue weighted by atomic mass is 10.1. The molecule has 140 valence electrons. The van der Waals surface area contributed by atoms with Crippen molar-refractivity contribution in [1.29, 1.82) is 0 Å². The van der Waals surface area contributed by atoms with Crippen molar-refractivity contribution in [3.05, 3.63) is 0 Å². The molecule has 0 aromatic rings. The molecule has 1 amide bonds. The van der Waals surface area contributed by atoms with Gasteiger partial charge in [-0.2, -0.15) is 0 Å². The highest BCUT2D eigenvalue weighted by Crippen LogP contribution is 2.12. The Hall–Kier alpha value is -1.39. The number of nitrogens with one attached hydrogen (secondary N) is 1. The summed E-state index contributed by atoms with van der Waals surface area (Å²) in [6, 6.07) is -0.679. The second-order valence-electron chi connectivity index (χ2n) is 6.53. The van der Waals surface area contributed by atoms with E-state index in [9.17, 15) is 14.4 Å². The molecule has 0 heterocycles. The molecule has 0 unspecified atom stereocenters. The molecule has 0 radical (unpaired) electrons. The van der Waals surface area contributed by atoms with Crippen LogP contribution in [0.5, 0.6) is 0 Å². The molecule has 0 rings (SSSR count). The van der Waals surface area contributed by atoms with Crippen LogP contribution in [0.1, 0.15) is 96.8 Å². The van der Waals surface area contributed by atoms with Crippen molar-refractivity contribution in [3.8, 4) is 0 Å². The van der Waals surface area contributed by atoms with Gasteiger partial charge in [-0.15, -0.1) is 0 Å². The van der Waals surface area contributed by atoms with Crippen molar-refractivity contribution < 1.29 is 19.5 Å². The number of carboxylic acids is 1. The Kier molecular flexibility index (Phi) is 15.5. The minimum absolute atomic E-state index is 0.109. The molecule has 24 heavy (non-hydrogen) atoms. The zero-order valence-electron chi connectivity index (χ0n) is 15.2. The van der Waals surface area contributed by atoms with E-state index in [1.54, 1.807) is 0 Å². The van der Waals surface area contributed by atoms with Crippen LogP contribution in [-0.2, 0) is 14.4 Å². The van der Waals surface area contributed by atoms with E-state index >= 15 is 0 Å².